The number of benzene rings is 2. The lowest BCUT2D eigenvalue weighted by Gasteiger charge is -2.25. The molecule has 2 aliphatic heterocycles. The summed E-state index contributed by atoms with van der Waals surface area (Å²) >= 11 is 7.15. The van der Waals surface area contributed by atoms with Crippen LogP contribution in [0.3, 0.4) is 0 Å². The average Bonchev–Trinajstić information content (AvgIpc) is 3.41. The Kier molecular flexibility index (Phi) is 7.33. The highest BCUT2D eigenvalue weighted by Crippen LogP contribution is 2.41. The Morgan fingerprint density at radius 2 is 2.08 bits per heavy atom. The normalized spacial score (nSPS) is 20.4. The molecule has 5 rings (SSSR count). The first-order valence-electron chi connectivity index (χ1n) is 12.0. The molecule has 0 radical (unpaired) electrons. The fourth-order valence-corrected chi connectivity index (χ4v) is 6.00. The number of hydrogen-bond donors (Lipinski definition) is 2. The Balaban J connectivity index is 1.57. The van der Waals surface area contributed by atoms with Gasteiger partial charge in [-0.1, -0.05) is 30.2 Å². The molecule has 11 heteroatoms. The lowest BCUT2D eigenvalue weighted by Crippen LogP contribution is -2.39. The average molecular weight is 548 g/mol. The van der Waals surface area contributed by atoms with Crippen molar-refractivity contribution in [2.24, 2.45) is 4.99 Å². The van der Waals surface area contributed by atoms with Crippen LogP contribution >= 0.6 is 23.4 Å². The number of amides is 1. The first-order valence-corrected chi connectivity index (χ1v) is 13.2. The van der Waals surface area contributed by atoms with Gasteiger partial charge in [-0.15, -0.1) is 0 Å². The number of halogens is 4. The Morgan fingerprint density at radius 1 is 1.24 bits per heavy atom. The molecule has 1 atom stereocenters. The van der Waals surface area contributed by atoms with Gasteiger partial charge in [-0.25, -0.2) is 0 Å². The van der Waals surface area contributed by atoms with E-state index >= 15 is 0 Å². The minimum atomic E-state index is -4.59. The van der Waals surface area contributed by atoms with Crippen LogP contribution in [0.1, 0.15) is 36.0 Å². The van der Waals surface area contributed by atoms with Gasteiger partial charge >= 0.3 is 6.18 Å². The van der Waals surface area contributed by atoms with Crippen molar-refractivity contribution in [3.63, 3.8) is 0 Å². The molecule has 0 spiro atoms. The second-order valence-electron chi connectivity index (χ2n) is 9.18. The molecule has 1 saturated heterocycles. The highest BCUT2D eigenvalue weighted by atomic mass is 35.5. The molecule has 0 bridgehead atoms. The topological polar surface area (TPSA) is 73.4 Å². The van der Waals surface area contributed by atoms with E-state index in [0.29, 0.717) is 27.8 Å². The number of likely N-dealkylation sites (tertiary alicyclic amines) is 1. The van der Waals surface area contributed by atoms with Crippen molar-refractivity contribution in [2.75, 3.05) is 20.1 Å². The number of H-pyrrole nitrogens is 1. The summed E-state index contributed by atoms with van der Waals surface area (Å²) < 4.78 is 41.8. The number of nitrogens with one attached hydrogen (secondary N) is 2. The van der Waals surface area contributed by atoms with Crippen molar-refractivity contribution in [3.8, 4) is 0 Å². The molecule has 1 aromatic heterocycles. The van der Waals surface area contributed by atoms with Crippen LogP contribution in [-0.2, 0) is 17.4 Å². The SMILES string of the molecule is CNC1CCCCN(C2=NC(=O)C(=C(Cc3ccc(Cl)cc3C(F)(F)F)c3ccc4[nH]ncc4c3)S2)C1. The number of hydrogen-bond acceptors (Lipinski definition) is 5. The molecule has 1 unspecified atom stereocenters. The largest absolute Gasteiger partial charge is 0.416 e. The smallest absolute Gasteiger partial charge is 0.349 e. The van der Waals surface area contributed by atoms with Crippen LogP contribution in [0.4, 0.5) is 13.2 Å². The van der Waals surface area contributed by atoms with Crippen LogP contribution in [0.25, 0.3) is 16.5 Å². The number of carbonyl (C=O) groups is 1. The fraction of sp³-hybridized carbons (Fsp3) is 0.346. The number of aliphatic imine (C=N–C) groups is 1. The fourth-order valence-electron chi connectivity index (χ4n) is 4.77. The predicted molar refractivity (Wildman–Crippen MR) is 141 cm³/mol. The van der Waals surface area contributed by atoms with Crippen LogP contribution in [-0.4, -0.2) is 52.4 Å². The highest BCUT2D eigenvalue weighted by Gasteiger charge is 2.35. The Hall–Kier alpha value is -2.82. The lowest BCUT2D eigenvalue weighted by molar-refractivity contribution is -0.138. The third-order valence-corrected chi connectivity index (χ3v) is 8.13. The lowest BCUT2D eigenvalue weighted by atomic mass is 9.93. The van der Waals surface area contributed by atoms with Crippen molar-refractivity contribution in [1.82, 2.24) is 20.4 Å². The Labute approximate surface area is 221 Å². The van der Waals surface area contributed by atoms with Crippen LogP contribution in [0.5, 0.6) is 0 Å². The number of thioether (sulfide) groups is 1. The van der Waals surface area contributed by atoms with E-state index in [1.165, 1.54) is 23.9 Å². The quantitative estimate of drug-likeness (QED) is 0.398. The van der Waals surface area contributed by atoms with Crippen LogP contribution in [0.2, 0.25) is 5.02 Å². The van der Waals surface area contributed by atoms with Crippen LogP contribution in [0, 0.1) is 0 Å². The summed E-state index contributed by atoms with van der Waals surface area (Å²) in [7, 11) is 1.92. The molecule has 2 N–H and O–H groups in total. The zero-order chi connectivity index (χ0) is 26.2. The summed E-state index contributed by atoms with van der Waals surface area (Å²) in [5, 5.41) is 11.6. The Bertz CT molecular complexity index is 1400. The molecular weight excluding hydrogens is 523 g/mol. The molecular formula is C26H25ClF3N5OS. The molecule has 3 heterocycles. The number of likely N-dealkylation sites (N-methyl/N-ethyl adjacent to an activating group) is 1. The van der Waals surface area contributed by atoms with E-state index < -0.39 is 17.6 Å². The molecule has 2 aliphatic rings. The maximum Gasteiger partial charge on any atom is 0.416 e. The minimum Gasteiger partial charge on any atom is -0.349 e. The first-order chi connectivity index (χ1) is 17.7. The summed E-state index contributed by atoms with van der Waals surface area (Å²) in [4.78, 5) is 20.0. The first kappa shape index (κ1) is 25.8. The summed E-state index contributed by atoms with van der Waals surface area (Å²) in [6.07, 6.45) is 0.0379. The van der Waals surface area contributed by atoms with Gasteiger partial charge in [-0.3, -0.25) is 9.89 Å². The molecule has 0 aliphatic carbocycles. The van der Waals surface area contributed by atoms with Gasteiger partial charge in [0.2, 0.25) is 0 Å². The molecule has 1 amide bonds. The van der Waals surface area contributed by atoms with E-state index in [0.717, 1.165) is 42.8 Å². The van der Waals surface area contributed by atoms with E-state index in [1.807, 2.05) is 19.2 Å². The number of aromatic amines is 1. The van der Waals surface area contributed by atoms with Crippen molar-refractivity contribution >= 4 is 50.9 Å². The van der Waals surface area contributed by atoms with E-state index in [1.54, 1.807) is 12.3 Å². The van der Waals surface area contributed by atoms with Gasteiger partial charge < -0.3 is 10.2 Å². The molecule has 194 valence electrons. The number of alkyl halides is 3. The maximum absolute atomic E-state index is 13.9. The molecule has 3 aromatic rings. The molecule has 2 aromatic carbocycles. The zero-order valence-electron chi connectivity index (χ0n) is 20.0. The summed E-state index contributed by atoms with van der Waals surface area (Å²) in [5.41, 5.74) is 1.15. The summed E-state index contributed by atoms with van der Waals surface area (Å²) in [6.45, 7) is 1.49. The van der Waals surface area contributed by atoms with Crippen molar-refractivity contribution < 1.29 is 18.0 Å². The second kappa shape index (κ2) is 10.5. The monoisotopic (exact) mass is 547 g/mol. The number of carbonyl (C=O) groups excluding carboxylic acids is 1. The predicted octanol–water partition coefficient (Wildman–Crippen LogP) is 5.89. The Morgan fingerprint density at radius 3 is 2.86 bits per heavy atom. The highest BCUT2D eigenvalue weighted by molar-refractivity contribution is 8.18. The molecule has 6 nitrogen and oxygen atoms in total. The molecule has 37 heavy (non-hydrogen) atoms. The standard InChI is InChI=1S/C26H25ClF3N5OS/c1-31-19-4-2-3-9-35(14-19)25-33-24(36)23(37-25)20(15-6-8-22-17(10-15)13-32-34-22)11-16-5-7-18(27)12-21(16)26(28,29)30/h5-8,10,12-13,19,31H,2-4,9,11,14H2,1H3,(H,32,34). The number of rotatable bonds is 4. The van der Waals surface area contributed by atoms with E-state index in [-0.39, 0.29) is 23.0 Å². The van der Waals surface area contributed by atoms with E-state index in [4.69, 9.17) is 11.6 Å². The number of nitrogens with zero attached hydrogens (tertiary/aromatic N) is 3. The van der Waals surface area contributed by atoms with E-state index in [9.17, 15) is 18.0 Å². The van der Waals surface area contributed by atoms with Gasteiger partial charge in [0.05, 0.1) is 22.2 Å². The van der Waals surface area contributed by atoms with E-state index in [2.05, 4.69) is 25.4 Å². The van der Waals surface area contributed by atoms with Gasteiger partial charge in [0, 0.05) is 29.5 Å². The second-order valence-corrected chi connectivity index (χ2v) is 10.6. The van der Waals surface area contributed by atoms with Gasteiger partial charge in [-0.2, -0.15) is 23.3 Å². The molecule has 0 saturated carbocycles. The van der Waals surface area contributed by atoms with Crippen LogP contribution < -0.4 is 5.32 Å². The van der Waals surface area contributed by atoms with Gasteiger partial charge in [0.1, 0.15) is 0 Å². The summed E-state index contributed by atoms with van der Waals surface area (Å²) in [5.74, 6) is -0.435. The van der Waals surface area contributed by atoms with Crippen LogP contribution in [0.15, 0.2) is 52.5 Å². The number of amidine groups is 1. The minimum absolute atomic E-state index is 0.00211. The number of aromatic nitrogens is 2. The summed E-state index contributed by atoms with van der Waals surface area (Å²) in [6, 6.07) is 9.46. The van der Waals surface area contributed by atoms with Gasteiger partial charge in [-0.05, 0) is 79.0 Å². The van der Waals surface area contributed by atoms with Crippen molar-refractivity contribution in [2.45, 2.75) is 37.9 Å². The third-order valence-electron chi connectivity index (χ3n) is 6.74. The van der Waals surface area contributed by atoms with Crippen molar-refractivity contribution in [3.05, 3.63) is 69.2 Å². The molecule has 1 fully saturated rings. The number of allylic oxidation sites excluding steroid dienone is 1. The number of fused-ring (bicyclic) bond motifs is 1. The van der Waals surface area contributed by atoms with Gasteiger partial charge in [0.15, 0.2) is 5.17 Å². The van der Waals surface area contributed by atoms with Crippen molar-refractivity contribution in [1.29, 1.82) is 0 Å². The van der Waals surface area contributed by atoms with Gasteiger partial charge in [0.25, 0.3) is 5.91 Å². The maximum atomic E-state index is 13.9. The third kappa shape index (κ3) is 5.56. The zero-order valence-corrected chi connectivity index (χ0v) is 21.6.